The Morgan fingerprint density at radius 1 is 0.840 bits per heavy atom. The first-order valence-electron chi connectivity index (χ1n) is 8.05. The molecule has 0 bridgehead atoms. The van der Waals surface area contributed by atoms with Gasteiger partial charge in [0.1, 0.15) is 5.82 Å². The van der Waals surface area contributed by atoms with Gasteiger partial charge in [-0.3, -0.25) is 4.79 Å². The Labute approximate surface area is 144 Å². The molecule has 1 aromatic heterocycles. The normalized spacial score (nSPS) is 10.9. The second-order valence-corrected chi connectivity index (χ2v) is 5.95. The third-order valence-electron chi connectivity index (χ3n) is 4.19. The van der Waals surface area contributed by atoms with Crippen LogP contribution in [-0.4, -0.2) is 21.0 Å². The number of para-hydroxylation sites is 2. The smallest absolute Gasteiger partial charge is 0.307 e. The van der Waals surface area contributed by atoms with Crippen molar-refractivity contribution in [1.82, 2.24) is 9.97 Å². The predicted molar refractivity (Wildman–Crippen MR) is 98.3 cm³/mol. The monoisotopic (exact) mass is 328 g/mol. The summed E-state index contributed by atoms with van der Waals surface area (Å²) in [5.41, 5.74) is 5.95. The molecule has 0 aliphatic rings. The van der Waals surface area contributed by atoms with E-state index >= 15 is 0 Å². The van der Waals surface area contributed by atoms with Crippen molar-refractivity contribution < 1.29 is 9.90 Å². The summed E-state index contributed by atoms with van der Waals surface area (Å²) in [5, 5.41) is 8.84. The van der Waals surface area contributed by atoms with Crippen LogP contribution in [0, 0.1) is 0 Å². The molecule has 0 amide bonds. The second-order valence-electron chi connectivity index (χ2n) is 5.95. The van der Waals surface area contributed by atoms with Crippen molar-refractivity contribution in [2.24, 2.45) is 0 Å². The molecule has 0 spiro atoms. The van der Waals surface area contributed by atoms with Gasteiger partial charge in [0.15, 0.2) is 0 Å². The minimum atomic E-state index is -0.817. The number of hydrogen-bond donors (Lipinski definition) is 2. The Bertz CT molecular complexity index is 999. The lowest BCUT2D eigenvalue weighted by Gasteiger charge is -2.04. The number of fused-ring (bicyclic) bond motifs is 1. The van der Waals surface area contributed by atoms with Crippen LogP contribution in [0.3, 0.4) is 0 Å². The van der Waals surface area contributed by atoms with Crippen molar-refractivity contribution in [2.45, 2.75) is 6.42 Å². The molecule has 4 aromatic rings. The molecule has 1 heterocycles. The summed E-state index contributed by atoms with van der Waals surface area (Å²) in [5.74, 6) is 0.0347. The van der Waals surface area contributed by atoms with Crippen LogP contribution in [0.15, 0.2) is 72.8 Å². The molecule has 0 radical (unpaired) electrons. The molecule has 25 heavy (non-hydrogen) atoms. The Hall–Kier alpha value is -3.40. The number of aromatic amines is 1. The van der Waals surface area contributed by atoms with Gasteiger partial charge in [-0.25, -0.2) is 4.98 Å². The molecule has 0 fully saturated rings. The molecular weight excluding hydrogens is 312 g/mol. The van der Waals surface area contributed by atoms with E-state index in [0.29, 0.717) is 0 Å². The predicted octanol–water partition coefficient (Wildman–Crippen LogP) is 4.52. The van der Waals surface area contributed by atoms with Crippen LogP contribution in [0.2, 0.25) is 0 Å². The molecule has 0 saturated carbocycles. The molecule has 0 aliphatic heterocycles. The molecule has 4 rings (SSSR count). The Balaban J connectivity index is 1.60. The van der Waals surface area contributed by atoms with E-state index < -0.39 is 5.97 Å². The van der Waals surface area contributed by atoms with Crippen LogP contribution in [0.1, 0.15) is 5.56 Å². The number of rotatable bonds is 4. The van der Waals surface area contributed by atoms with Crippen molar-refractivity contribution in [3.8, 4) is 22.5 Å². The minimum absolute atomic E-state index is 0.0469. The highest BCUT2D eigenvalue weighted by Gasteiger charge is 2.06. The molecule has 0 atom stereocenters. The largest absolute Gasteiger partial charge is 0.481 e. The number of aliphatic carboxylic acids is 1. The summed E-state index contributed by atoms with van der Waals surface area (Å²) >= 11 is 0. The lowest BCUT2D eigenvalue weighted by molar-refractivity contribution is -0.136. The molecule has 4 nitrogen and oxygen atoms in total. The van der Waals surface area contributed by atoms with Crippen molar-refractivity contribution in [3.05, 3.63) is 78.4 Å². The standard InChI is InChI=1S/C21H16N2O2/c24-20(25)13-14-5-7-15(8-6-14)16-9-11-17(12-10-16)21-22-18-3-1-2-4-19(18)23-21/h1-12H,13H2,(H,22,23)(H,24,25). The van der Waals surface area contributed by atoms with E-state index in [1.165, 1.54) is 0 Å². The van der Waals surface area contributed by atoms with Crippen LogP contribution >= 0.6 is 0 Å². The maximum absolute atomic E-state index is 10.8. The SMILES string of the molecule is O=C(O)Cc1ccc(-c2ccc(-c3nc4ccccc4[nH]3)cc2)cc1. The van der Waals surface area contributed by atoms with Crippen LogP contribution in [0.4, 0.5) is 0 Å². The summed E-state index contributed by atoms with van der Waals surface area (Å²) in [6.45, 7) is 0. The van der Waals surface area contributed by atoms with Gasteiger partial charge in [0.05, 0.1) is 17.5 Å². The maximum atomic E-state index is 10.8. The van der Waals surface area contributed by atoms with E-state index in [1.807, 2.05) is 60.7 Å². The molecule has 0 unspecified atom stereocenters. The average molecular weight is 328 g/mol. The summed E-state index contributed by atoms with van der Waals surface area (Å²) < 4.78 is 0. The lowest BCUT2D eigenvalue weighted by Crippen LogP contribution is -1.99. The summed E-state index contributed by atoms with van der Waals surface area (Å²) in [6, 6.07) is 23.8. The molecule has 2 N–H and O–H groups in total. The zero-order valence-electron chi connectivity index (χ0n) is 13.4. The fourth-order valence-electron chi connectivity index (χ4n) is 2.90. The number of aromatic nitrogens is 2. The number of hydrogen-bond acceptors (Lipinski definition) is 2. The van der Waals surface area contributed by atoms with Gasteiger partial charge in [-0.2, -0.15) is 0 Å². The van der Waals surface area contributed by atoms with Crippen molar-refractivity contribution in [3.63, 3.8) is 0 Å². The third-order valence-corrected chi connectivity index (χ3v) is 4.19. The molecule has 4 heteroatoms. The van der Waals surface area contributed by atoms with Gasteiger partial charge >= 0.3 is 5.97 Å². The molecule has 3 aromatic carbocycles. The van der Waals surface area contributed by atoms with E-state index in [1.54, 1.807) is 0 Å². The van der Waals surface area contributed by atoms with E-state index in [4.69, 9.17) is 5.11 Å². The number of imidazole rings is 1. The average Bonchev–Trinajstić information content (AvgIpc) is 3.06. The number of carbonyl (C=O) groups is 1. The van der Waals surface area contributed by atoms with Gasteiger partial charge in [-0.05, 0) is 28.8 Å². The number of nitrogens with one attached hydrogen (secondary N) is 1. The van der Waals surface area contributed by atoms with Crippen molar-refractivity contribution in [1.29, 1.82) is 0 Å². The molecule has 122 valence electrons. The van der Waals surface area contributed by atoms with Crippen LogP contribution in [-0.2, 0) is 11.2 Å². The Morgan fingerprint density at radius 2 is 1.44 bits per heavy atom. The zero-order valence-corrected chi connectivity index (χ0v) is 13.4. The molecule has 0 saturated heterocycles. The van der Waals surface area contributed by atoms with Crippen molar-refractivity contribution in [2.75, 3.05) is 0 Å². The van der Waals surface area contributed by atoms with Gasteiger partial charge in [0.25, 0.3) is 0 Å². The number of nitrogens with zero attached hydrogens (tertiary/aromatic N) is 1. The number of H-pyrrole nitrogens is 1. The number of carboxylic acids is 1. The van der Waals surface area contributed by atoms with Gasteiger partial charge in [-0.1, -0.05) is 60.7 Å². The summed E-state index contributed by atoms with van der Waals surface area (Å²) in [4.78, 5) is 18.7. The first-order chi connectivity index (χ1) is 12.2. The van der Waals surface area contributed by atoms with Gasteiger partial charge < -0.3 is 10.1 Å². The first-order valence-corrected chi connectivity index (χ1v) is 8.05. The van der Waals surface area contributed by atoms with E-state index in [0.717, 1.165) is 39.1 Å². The highest BCUT2D eigenvalue weighted by atomic mass is 16.4. The third kappa shape index (κ3) is 3.15. The summed E-state index contributed by atoms with van der Waals surface area (Å²) in [7, 11) is 0. The maximum Gasteiger partial charge on any atom is 0.307 e. The number of carboxylic acid groups (broad SMARTS) is 1. The minimum Gasteiger partial charge on any atom is -0.481 e. The molecular formula is C21H16N2O2. The Kier molecular flexibility index (Phi) is 3.78. The van der Waals surface area contributed by atoms with Crippen molar-refractivity contribution >= 4 is 17.0 Å². The van der Waals surface area contributed by atoms with Gasteiger partial charge in [-0.15, -0.1) is 0 Å². The van der Waals surface area contributed by atoms with E-state index in [9.17, 15) is 4.79 Å². The Morgan fingerprint density at radius 3 is 2.08 bits per heavy atom. The van der Waals surface area contributed by atoms with Gasteiger partial charge in [0.2, 0.25) is 0 Å². The quantitative estimate of drug-likeness (QED) is 0.578. The topological polar surface area (TPSA) is 66.0 Å². The van der Waals surface area contributed by atoms with Crippen LogP contribution in [0.25, 0.3) is 33.5 Å². The first kappa shape index (κ1) is 15.1. The zero-order chi connectivity index (χ0) is 17.2. The summed E-state index contributed by atoms with van der Waals surface area (Å²) in [6.07, 6.45) is 0.0469. The fourth-order valence-corrected chi connectivity index (χ4v) is 2.90. The fraction of sp³-hybridized carbons (Fsp3) is 0.0476. The lowest BCUT2D eigenvalue weighted by atomic mass is 10.0. The van der Waals surface area contributed by atoms with Crippen LogP contribution < -0.4 is 0 Å². The van der Waals surface area contributed by atoms with E-state index in [2.05, 4.69) is 22.1 Å². The second kappa shape index (κ2) is 6.24. The van der Waals surface area contributed by atoms with E-state index in [-0.39, 0.29) is 6.42 Å². The highest BCUT2D eigenvalue weighted by Crippen LogP contribution is 2.25. The molecule has 0 aliphatic carbocycles. The highest BCUT2D eigenvalue weighted by molar-refractivity contribution is 5.79. The number of benzene rings is 3. The van der Waals surface area contributed by atoms with Crippen LogP contribution in [0.5, 0.6) is 0 Å². The van der Waals surface area contributed by atoms with Gasteiger partial charge in [0, 0.05) is 5.56 Å².